The van der Waals surface area contributed by atoms with Crippen LogP contribution in [-0.2, 0) is 0 Å². The second-order valence-electron chi connectivity index (χ2n) is 4.44. The Morgan fingerprint density at radius 1 is 1.21 bits per heavy atom. The van der Waals surface area contributed by atoms with Crippen LogP contribution in [0.25, 0.3) is 16.6 Å². The third-order valence-electron chi connectivity index (χ3n) is 3.08. The van der Waals surface area contributed by atoms with Crippen LogP contribution in [-0.4, -0.2) is 16.9 Å². The van der Waals surface area contributed by atoms with Gasteiger partial charge < -0.3 is 4.74 Å². The minimum absolute atomic E-state index is 0.827. The third-order valence-corrected chi connectivity index (χ3v) is 3.74. The van der Waals surface area contributed by atoms with E-state index in [4.69, 9.17) is 4.74 Å². The molecular formula is C15H13BrN2O. The van der Waals surface area contributed by atoms with Gasteiger partial charge in [0.2, 0.25) is 0 Å². The van der Waals surface area contributed by atoms with Crippen molar-refractivity contribution in [1.82, 2.24) is 9.78 Å². The van der Waals surface area contributed by atoms with Gasteiger partial charge in [0.05, 0.1) is 24.5 Å². The number of aromatic nitrogens is 2. The molecule has 1 heterocycles. The van der Waals surface area contributed by atoms with Crippen LogP contribution in [0.4, 0.5) is 0 Å². The molecule has 0 saturated carbocycles. The van der Waals surface area contributed by atoms with Gasteiger partial charge in [-0.05, 0) is 36.8 Å². The van der Waals surface area contributed by atoms with Gasteiger partial charge in [0.15, 0.2) is 0 Å². The summed E-state index contributed by atoms with van der Waals surface area (Å²) in [4.78, 5) is 0. The molecular weight excluding hydrogens is 304 g/mol. The molecule has 0 aliphatic heterocycles. The molecule has 0 amide bonds. The number of aryl methyl sites for hydroxylation is 1. The minimum Gasteiger partial charge on any atom is -0.497 e. The number of benzene rings is 2. The summed E-state index contributed by atoms with van der Waals surface area (Å²) in [6.45, 7) is 2.08. The first kappa shape index (κ1) is 12.2. The predicted molar refractivity (Wildman–Crippen MR) is 80.1 cm³/mol. The number of hydrogen-bond acceptors (Lipinski definition) is 2. The van der Waals surface area contributed by atoms with Gasteiger partial charge in [-0.3, -0.25) is 0 Å². The molecule has 0 fully saturated rings. The van der Waals surface area contributed by atoms with E-state index in [-0.39, 0.29) is 0 Å². The zero-order chi connectivity index (χ0) is 13.4. The van der Waals surface area contributed by atoms with Crippen molar-refractivity contribution in [3.63, 3.8) is 0 Å². The van der Waals surface area contributed by atoms with Crippen molar-refractivity contribution in [2.24, 2.45) is 0 Å². The van der Waals surface area contributed by atoms with Gasteiger partial charge >= 0.3 is 0 Å². The molecule has 0 saturated heterocycles. The van der Waals surface area contributed by atoms with Crippen LogP contribution in [0, 0.1) is 6.92 Å². The van der Waals surface area contributed by atoms with Crippen LogP contribution in [0.2, 0.25) is 0 Å². The largest absolute Gasteiger partial charge is 0.497 e. The Morgan fingerprint density at radius 3 is 2.84 bits per heavy atom. The molecule has 3 aromatic rings. The molecule has 0 N–H and O–H groups in total. The van der Waals surface area contributed by atoms with E-state index in [0.29, 0.717) is 0 Å². The number of ether oxygens (including phenoxy) is 1. The number of nitrogens with zero attached hydrogens (tertiary/aromatic N) is 2. The summed E-state index contributed by atoms with van der Waals surface area (Å²) in [7, 11) is 1.67. The lowest BCUT2D eigenvalue weighted by Crippen LogP contribution is -1.96. The summed E-state index contributed by atoms with van der Waals surface area (Å²) in [5.41, 5.74) is 3.27. The third kappa shape index (κ3) is 2.12. The van der Waals surface area contributed by atoms with E-state index in [0.717, 1.165) is 26.8 Å². The maximum Gasteiger partial charge on any atom is 0.121 e. The molecule has 3 rings (SSSR count). The SMILES string of the molecule is COc1cccc(-n2ncc3c(Br)cc(C)cc32)c1. The average molecular weight is 317 g/mol. The summed E-state index contributed by atoms with van der Waals surface area (Å²) >= 11 is 3.58. The maximum absolute atomic E-state index is 5.26. The Kier molecular flexibility index (Phi) is 3.03. The van der Waals surface area contributed by atoms with Crippen molar-refractivity contribution in [2.45, 2.75) is 6.92 Å². The van der Waals surface area contributed by atoms with Crippen LogP contribution in [0.1, 0.15) is 5.56 Å². The van der Waals surface area contributed by atoms with E-state index in [1.165, 1.54) is 5.56 Å². The Bertz CT molecular complexity index is 749. The summed E-state index contributed by atoms with van der Waals surface area (Å²) in [6, 6.07) is 12.1. The number of rotatable bonds is 2. The van der Waals surface area contributed by atoms with E-state index in [1.807, 2.05) is 35.1 Å². The lowest BCUT2D eigenvalue weighted by atomic mass is 10.2. The Labute approximate surface area is 119 Å². The van der Waals surface area contributed by atoms with Crippen molar-refractivity contribution in [3.8, 4) is 11.4 Å². The van der Waals surface area contributed by atoms with Crippen molar-refractivity contribution < 1.29 is 4.74 Å². The molecule has 0 unspecified atom stereocenters. The zero-order valence-electron chi connectivity index (χ0n) is 10.7. The van der Waals surface area contributed by atoms with E-state index in [1.54, 1.807) is 7.11 Å². The molecule has 2 aromatic carbocycles. The smallest absolute Gasteiger partial charge is 0.121 e. The van der Waals surface area contributed by atoms with E-state index >= 15 is 0 Å². The number of fused-ring (bicyclic) bond motifs is 1. The second kappa shape index (κ2) is 4.70. The normalized spacial score (nSPS) is 10.9. The fourth-order valence-electron chi connectivity index (χ4n) is 2.16. The first-order valence-corrected chi connectivity index (χ1v) is 6.76. The summed E-state index contributed by atoms with van der Waals surface area (Å²) in [5, 5.41) is 5.58. The lowest BCUT2D eigenvalue weighted by Gasteiger charge is -2.07. The highest BCUT2D eigenvalue weighted by molar-refractivity contribution is 9.10. The highest BCUT2D eigenvalue weighted by Crippen LogP contribution is 2.28. The second-order valence-corrected chi connectivity index (χ2v) is 5.29. The van der Waals surface area contributed by atoms with Gasteiger partial charge in [0.1, 0.15) is 5.75 Å². The van der Waals surface area contributed by atoms with Crippen molar-refractivity contribution >= 4 is 26.8 Å². The van der Waals surface area contributed by atoms with Crippen molar-refractivity contribution in [3.05, 3.63) is 52.6 Å². The minimum atomic E-state index is 0.827. The maximum atomic E-state index is 5.26. The molecule has 0 atom stereocenters. The summed E-state index contributed by atoms with van der Waals surface area (Å²) in [6.07, 6.45) is 1.87. The highest BCUT2D eigenvalue weighted by Gasteiger charge is 2.08. The van der Waals surface area contributed by atoms with E-state index in [2.05, 4.69) is 40.1 Å². The Hall–Kier alpha value is -1.81. The van der Waals surface area contributed by atoms with Gasteiger partial charge in [-0.1, -0.05) is 22.0 Å². The van der Waals surface area contributed by atoms with Gasteiger partial charge in [0, 0.05) is 15.9 Å². The fraction of sp³-hybridized carbons (Fsp3) is 0.133. The first-order chi connectivity index (χ1) is 9.19. The molecule has 0 spiro atoms. The van der Waals surface area contributed by atoms with Gasteiger partial charge in [-0.2, -0.15) is 5.10 Å². The molecule has 0 bridgehead atoms. The van der Waals surface area contributed by atoms with Crippen molar-refractivity contribution in [1.29, 1.82) is 0 Å². The highest BCUT2D eigenvalue weighted by atomic mass is 79.9. The number of halogens is 1. The first-order valence-electron chi connectivity index (χ1n) is 5.97. The van der Waals surface area contributed by atoms with Crippen LogP contribution in [0.15, 0.2) is 47.1 Å². The zero-order valence-corrected chi connectivity index (χ0v) is 12.3. The molecule has 4 heteroatoms. The quantitative estimate of drug-likeness (QED) is 0.711. The van der Waals surface area contributed by atoms with Crippen LogP contribution in [0.5, 0.6) is 5.75 Å². The molecule has 19 heavy (non-hydrogen) atoms. The predicted octanol–water partition coefficient (Wildman–Crippen LogP) is 4.11. The fourth-order valence-corrected chi connectivity index (χ4v) is 2.83. The number of methoxy groups -OCH3 is 1. The lowest BCUT2D eigenvalue weighted by molar-refractivity contribution is 0.414. The standard InChI is InChI=1S/C15H13BrN2O/c1-10-6-14(16)13-9-17-18(15(13)7-10)11-4-3-5-12(8-11)19-2/h3-9H,1-2H3. The molecule has 1 aromatic heterocycles. The number of hydrogen-bond donors (Lipinski definition) is 0. The van der Waals surface area contributed by atoms with Crippen LogP contribution >= 0.6 is 15.9 Å². The Morgan fingerprint density at radius 2 is 2.05 bits per heavy atom. The molecule has 0 radical (unpaired) electrons. The molecule has 96 valence electrons. The molecule has 0 aliphatic carbocycles. The van der Waals surface area contributed by atoms with Crippen molar-refractivity contribution in [2.75, 3.05) is 7.11 Å². The van der Waals surface area contributed by atoms with E-state index < -0.39 is 0 Å². The Balaban J connectivity index is 2.25. The van der Waals surface area contributed by atoms with E-state index in [9.17, 15) is 0 Å². The molecule has 0 aliphatic rings. The summed E-state index contributed by atoms with van der Waals surface area (Å²) in [5.74, 6) is 0.827. The molecule has 3 nitrogen and oxygen atoms in total. The van der Waals surface area contributed by atoms with Crippen LogP contribution < -0.4 is 4.74 Å². The van der Waals surface area contributed by atoms with Gasteiger partial charge in [0.25, 0.3) is 0 Å². The average Bonchev–Trinajstić information content (AvgIpc) is 2.82. The van der Waals surface area contributed by atoms with Gasteiger partial charge in [-0.25, -0.2) is 4.68 Å². The topological polar surface area (TPSA) is 27.1 Å². The van der Waals surface area contributed by atoms with Gasteiger partial charge in [-0.15, -0.1) is 0 Å². The summed E-state index contributed by atoms with van der Waals surface area (Å²) < 4.78 is 8.25. The van der Waals surface area contributed by atoms with Crippen LogP contribution in [0.3, 0.4) is 0 Å². The monoisotopic (exact) mass is 316 g/mol.